The summed E-state index contributed by atoms with van der Waals surface area (Å²) in [4.78, 5) is 17.7. The minimum absolute atomic E-state index is 0.0744. The number of hydrogen-bond donors (Lipinski definition) is 0. The summed E-state index contributed by atoms with van der Waals surface area (Å²) in [6.07, 6.45) is 1.71. The molecule has 0 aromatic heterocycles. The summed E-state index contributed by atoms with van der Waals surface area (Å²) < 4.78 is 1.03. The molecule has 0 radical (unpaired) electrons. The van der Waals surface area contributed by atoms with E-state index in [9.17, 15) is 4.79 Å². The van der Waals surface area contributed by atoms with Gasteiger partial charge in [0.25, 0.3) is 5.91 Å². The summed E-state index contributed by atoms with van der Waals surface area (Å²) in [5.41, 5.74) is 4.59. The van der Waals surface area contributed by atoms with Crippen molar-refractivity contribution >= 4 is 55.9 Å². The molecule has 3 aromatic carbocycles. The lowest BCUT2D eigenvalue weighted by Crippen LogP contribution is -2.28. The van der Waals surface area contributed by atoms with E-state index in [1.165, 1.54) is 5.01 Å². The smallest absolute Gasteiger partial charge is 0.261 e. The van der Waals surface area contributed by atoms with Gasteiger partial charge in [-0.25, -0.2) is 0 Å². The molecule has 0 N–H and O–H groups in total. The number of hydrazone groups is 1. The zero-order valence-corrected chi connectivity index (χ0v) is 17.6. The highest BCUT2D eigenvalue weighted by Crippen LogP contribution is 2.32. The van der Waals surface area contributed by atoms with Gasteiger partial charge in [0, 0.05) is 16.1 Å². The van der Waals surface area contributed by atoms with E-state index in [0.29, 0.717) is 0 Å². The van der Waals surface area contributed by atoms with E-state index in [-0.39, 0.29) is 5.91 Å². The van der Waals surface area contributed by atoms with E-state index in [0.717, 1.165) is 43.5 Å². The Hall–Kier alpha value is -2.79. The van der Waals surface area contributed by atoms with Gasteiger partial charge in [-0.05, 0) is 49.9 Å². The van der Waals surface area contributed by atoms with Crippen LogP contribution in [0.1, 0.15) is 18.1 Å². The topological polar surface area (TPSA) is 45.0 Å². The SMILES string of the molecule is CC1=NN(c2ccc(C)cc2C)C(=O)C1C=Nc1ccc(Br)c2ccccc12. The van der Waals surface area contributed by atoms with Crippen LogP contribution in [0.4, 0.5) is 11.4 Å². The van der Waals surface area contributed by atoms with Crippen LogP contribution >= 0.6 is 15.9 Å². The van der Waals surface area contributed by atoms with Crippen LogP contribution in [0.5, 0.6) is 0 Å². The van der Waals surface area contributed by atoms with Crippen LogP contribution < -0.4 is 5.01 Å². The minimum Gasteiger partial charge on any atom is -0.271 e. The van der Waals surface area contributed by atoms with Crippen LogP contribution in [0.25, 0.3) is 10.8 Å². The lowest BCUT2D eigenvalue weighted by Gasteiger charge is -2.16. The number of rotatable bonds is 3. The van der Waals surface area contributed by atoms with Gasteiger partial charge in [0.1, 0.15) is 5.92 Å². The number of nitrogens with zero attached hydrogens (tertiary/aromatic N) is 3. The molecule has 4 rings (SSSR count). The van der Waals surface area contributed by atoms with Crippen molar-refractivity contribution in [2.24, 2.45) is 16.0 Å². The van der Waals surface area contributed by atoms with Crippen molar-refractivity contribution in [3.63, 3.8) is 0 Å². The Morgan fingerprint density at radius 3 is 2.54 bits per heavy atom. The largest absolute Gasteiger partial charge is 0.271 e. The zero-order chi connectivity index (χ0) is 19.8. The van der Waals surface area contributed by atoms with Crippen molar-refractivity contribution in [1.29, 1.82) is 0 Å². The molecule has 3 aromatic rings. The number of fused-ring (bicyclic) bond motifs is 1. The number of amides is 1. The fourth-order valence-corrected chi connectivity index (χ4v) is 3.96. The van der Waals surface area contributed by atoms with E-state index in [1.54, 1.807) is 6.21 Å². The van der Waals surface area contributed by atoms with Gasteiger partial charge in [-0.2, -0.15) is 10.1 Å². The maximum Gasteiger partial charge on any atom is 0.261 e. The summed E-state index contributed by atoms with van der Waals surface area (Å²) in [6, 6.07) is 18.0. The maximum atomic E-state index is 13.0. The summed E-state index contributed by atoms with van der Waals surface area (Å²) >= 11 is 3.58. The first-order chi connectivity index (χ1) is 13.5. The van der Waals surface area contributed by atoms with Crippen molar-refractivity contribution in [3.05, 3.63) is 70.2 Å². The molecule has 140 valence electrons. The normalized spacial score (nSPS) is 17.0. The van der Waals surface area contributed by atoms with Crippen LogP contribution in [0.3, 0.4) is 0 Å². The van der Waals surface area contributed by atoms with E-state index in [2.05, 4.69) is 32.1 Å². The standard InChI is InChI=1S/C23H20BrN3O/c1-14-8-11-22(15(2)12-14)27-23(28)19(16(3)26-27)13-25-21-10-9-20(24)17-6-4-5-7-18(17)21/h4-13,19H,1-3H3. The average molecular weight is 434 g/mol. The molecule has 1 amide bonds. The molecule has 5 heteroatoms. The van der Waals surface area contributed by atoms with Gasteiger partial charge >= 0.3 is 0 Å². The molecule has 1 aliphatic heterocycles. The second-order valence-corrected chi connectivity index (χ2v) is 7.90. The summed E-state index contributed by atoms with van der Waals surface area (Å²) in [7, 11) is 0. The van der Waals surface area contributed by atoms with Crippen LogP contribution in [0.2, 0.25) is 0 Å². The van der Waals surface area contributed by atoms with Crippen LogP contribution in [-0.4, -0.2) is 17.8 Å². The Bertz CT molecular complexity index is 1150. The average Bonchev–Trinajstić information content (AvgIpc) is 2.95. The molecule has 0 bridgehead atoms. The third-order valence-electron chi connectivity index (χ3n) is 4.97. The van der Waals surface area contributed by atoms with Crippen LogP contribution in [0.15, 0.2) is 69.2 Å². The predicted molar refractivity (Wildman–Crippen MR) is 120 cm³/mol. The quantitative estimate of drug-likeness (QED) is 0.469. The highest BCUT2D eigenvalue weighted by Gasteiger charge is 2.33. The Labute approximate surface area is 172 Å². The Kier molecular flexibility index (Phi) is 4.85. The van der Waals surface area contributed by atoms with E-state index in [4.69, 9.17) is 0 Å². The third-order valence-corrected chi connectivity index (χ3v) is 5.67. The third kappa shape index (κ3) is 3.27. The van der Waals surface area contributed by atoms with Crippen molar-refractivity contribution in [2.45, 2.75) is 20.8 Å². The second kappa shape index (κ2) is 7.32. The first-order valence-electron chi connectivity index (χ1n) is 9.13. The first-order valence-corrected chi connectivity index (χ1v) is 9.93. The molecule has 0 saturated carbocycles. The number of anilines is 1. The van der Waals surface area contributed by atoms with Gasteiger partial charge in [-0.3, -0.25) is 9.79 Å². The van der Waals surface area contributed by atoms with E-state index < -0.39 is 5.92 Å². The van der Waals surface area contributed by atoms with Gasteiger partial charge in [-0.15, -0.1) is 0 Å². The summed E-state index contributed by atoms with van der Waals surface area (Å²) in [5.74, 6) is -0.530. The summed E-state index contributed by atoms with van der Waals surface area (Å²) in [6.45, 7) is 5.91. The van der Waals surface area contributed by atoms with Gasteiger partial charge in [0.05, 0.1) is 17.1 Å². The monoisotopic (exact) mass is 433 g/mol. The fourth-order valence-electron chi connectivity index (χ4n) is 3.48. The lowest BCUT2D eigenvalue weighted by atomic mass is 10.1. The minimum atomic E-state index is -0.455. The fraction of sp³-hybridized carbons (Fsp3) is 0.174. The Balaban J connectivity index is 1.66. The molecule has 1 atom stereocenters. The molecule has 0 spiro atoms. The molecule has 4 nitrogen and oxygen atoms in total. The number of carbonyl (C=O) groups excluding carboxylic acids is 1. The van der Waals surface area contributed by atoms with Crippen molar-refractivity contribution in [2.75, 3.05) is 5.01 Å². The molecular formula is C23H20BrN3O. The van der Waals surface area contributed by atoms with E-state index in [1.807, 2.05) is 69.3 Å². The highest BCUT2D eigenvalue weighted by molar-refractivity contribution is 9.10. The molecular weight excluding hydrogens is 414 g/mol. The van der Waals surface area contributed by atoms with Crippen LogP contribution in [-0.2, 0) is 4.79 Å². The Morgan fingerprint density at radius 1 is 1.04 bits per heavy atom. The van der Waals surface area contributed by atoms with Gasteiger partial charge in [0.15, 0.2) is 0 Å². The predicted octanol–water partition coefficient (Wildman–Crippen LogP) is 5.96. The number of hydrogen-bond acceptors (Lipinski definition) is 3. The number of halogens is 1. The molecule has 1 aliphatic rings. The number of aryl methyl sites for hydroxylation is 2. The number of carbonyl (C=O) groups is 1. The molecule has 0 fully saturated rings. The number of benzene rings is 3. The lowest BCUT2D eigenvalue weighted by molar-refractivity contribution is -0.118. The summed E-state index contributed by atoms with van der Waals surface area (Å²) in [5, 5.41) is 8.14. The zero-order valence-electron chi connectivity index (χ0n) is 16.0. The van der Waals surface area contributed by atoms with Crippen molar-refractivity contribution in [1.82, 2.24) is 0 Å². The molecule has 1 heterocycles. The second-order valence-electron chi connectivity index (χ2n) is 7.05. The van der Waals surface area contributed by atoms with Gasteiger partial charge in [0.2, 0.25) is 0 Å². The molecule has 0 saturated heterocycles. The number of aliphatic imine (C=N–C) groups is 1. The van der Waals surface area contributed by atoms with E-state index >= 15 is 0 Å². The molecule has 1 unspecified atom stereocenters. The van der Waals surface area contributed by atoms with Crippen LogP contribution in [0, 0.1) is 19.8 Å². The van der Waals surface area contributed by atoms with Crippen molar-refractivity contribution < 1.29 is 4.79 Å². The first kappa shape index (κ1) is 18.6. The molecule has 28 heavy (non-hydrogen) atoms. The highest BCUT2D eigenvalue weighted by atomic mass is 79.9. The van der Waals surface area contributed by atoms with Gasteiger partial charge in [-0.1, -0.05) is 57.9 Å². The van der Waals surface area contributed by atoms with Gasteiger partial charge < -0.3 is 0 Å². The van der Waals surface area contributed by atoms with Crippen molar-refractivity contribution in [3.8, 4) is 0 Å². The maximum absolute atomic E-state index is 13.0. The molecule has 0 aliphatic carbocycles. The Morgan fingerprint density at radius 2 is 1.79 bits per heavy atom.